The Bertz CT molecular complexity index is 679. The minimum absolute atomic E-state index is 0.212. The normalized spacial score (nSPS) is 12.6. The second-order valence-corrected chi connectivity index (χ2v) is 7.80. The zero-order valence-corrected chi connectivity index (χ0v) is 12.9. The van der Waals surface area contributed by atoms with Crippen molar-refractivity contribution >= 4 is 21.4 Å². The van der Waals surface area contributed by atoms with E-state index in [1.165, 1.54) is 18.2 Å². The fourth-order valence-electron chi connectivity index (χ4n) is 1.77. The van der Waals surface area contributed by atoms with Gasteiger partial charge in [0.2, 0.25) is 10.0 Å². The van der Waals surface area contributed by atoms with E-state index in [4.69, 9.17) is 0 Å². The van der Waals surface area contributed by atoms with Crippen molar-refractivity contribution in [1.82, 2.24) is 4.72 Å². The van der Waals surface area contributed by atoms with Gasteiger partial charge in [0.05, 0.1) is 0 Å². The van der Waals surface area contributed by atoms with Gasteiger partial charge in [0.25, 0.3) is 0 Å². The first-order chi connectivity index (χ1) is 9.33. The summed E-state index contributed by atoms with van der Waals surface area (Å²) in [6.45, 7) is 4.11. The molecule has 0 saturated carbocycles. The molecule has 0 aliphatic rings. The zero-order chi connectivity index (χ0) is 14.8. The topological polar surface area (TPSA) is 46.2 Å². The maximum atomic E-state index is 13.6. The van der Waals surface area contributed by atoms with E-state index < -0.39 is 15.8 Å². The van der Waals surface area contributed by atoms with Gasteiger partial charge in [-0.05, 0) is 23.6 Å². The monoisotopic (exact) mass is 313 g/mol. The summed E-state index contributed by atoms with van der Waals surface area (Å²) >= 11 is 1.57. The average Bonchev–Trinajstić information content (AvgIpc) is 2.92. The third kappa shape index (κ3) is 3.26. The number of nitrogens with one attached hydrogen (secondary N) is 1. The lowest BCUT2D eigenvalue weighted by Gasteiger charge is -2.23. The van der Waals surface area contributed by atoms with Crippen LogP contribution in [0.1, 0.15) is 18.7 Å². The number of halogens is 1. The molecule has 0 atom stereocenters. The second kappa shape index (κ2) is 5.63. The van der Waals surface area contributed by atoms with Crippen molar-refractivity contribution in [3.63, 3.8) is 0 Å². The van der Waals surface area contributed by atoms with Crippen LogP contribution in [0.25, 0.3) is 0 Å². The van der Waals surface area contributed by atoms with Crippen LogP contribution in [-0.4, -0.2) is 15.0 Å². The fourth-order valence-corrected chi connectivity index (χ4v) is 3.91. The van der Waals surface area contributed by atoms with E-state index in [0.29, 0.717) is 0 Å². The van der Waals surface area contributed by atoms with Gasteiger partial charge in [-0.3, -0.25) is 0 Å². The number of hydrogen-bond acceptors (Lipinski definition) is 3. The van der Waals surface area contributed by atoms with Crippen LogP contribution < -0.4 is 4.72 Å². The molecule has 20 heavy (non-hydrogen) atoms. The lowest BCUT2D eigenvalue weighted by atomic mass is 9.92. The molecule has 108 valence electrons. The summed E-state index contributed by atoms with van der Waals surface area (Å²) in [4.78, 5) is 0.760. The summed E-state index contributed by atoms with van der Waals surface area (Å²) < 4.78 is 40.3. The molecular formula is C14H16FNO2S2. The van der Waals surface area contributed by atoms with E-state index >= 15 is 0 Å². The lowest BCUT2D eigenvalue weighted by Crippen LogP contribution is -2.36. The number of benzene rings is 1. The summed E-state index contributed by atoms with van der Waals surface area (Å²) in [5.74, 6) is -0.742. The Kier molecular flexibility index (Phi) is 4.27. The Balaban J connectivity index is 2.17. The van der Waals surface area contributed by atoms with Crippen molar-refractivity contribution < 1.29 is 12.8 Å². The Labute approximate surface area is 122 Å². The molecule has 0 radical (unpaired) electrons. The highest BCUT2D eigenvalue weighted by molar-refractivity contribution is 7.89. The van der Waals surface area contributed by atoms with Crippen LogP contribution in [0.2, 0.25) is 0 Å². The van der Waals surface area contributed by atoms with Crippen LogP contribution in [0.15, 0.2) is 46.7 Å². The Morgan fingerprint density at radius 1 is 1.20 bits per heavy atom. The fraction of sp³-hybridized carbons (Fsp3) is 0.286. The van der Waals surface area contributed by atoms with E-state index in [2.05, 4.69) is 4.72 Å². The maximum absolute atomic E-state index is 13.6. The van der Waals surface area contributed by atoms with Gasteiger partial charge in [-0.15, -0.1) is 11.3 Å². The summed E-state index contributed by atoms with van der Waals surface area (Å²) in [6, 6.07) is 9.25. The Hall–Kier alpha value is -1.24. The largest absolute Gasteiger partial charge is 0.243 e. The van der Waals surface area contributed by atoms with Gasteiger partial charge in [-0.1, -0.05) is 32.0 Å². The van der Waals surface area contributed by atoms with E-state index in [-0.39, 0.29) is 16.9 Å². The first-order valence-electron chi connectivity index (χ1n) is 6.11. The van der Waals surface area contributed by atoms with Crippen LogP contribution in [-0.2, 0) is 15.4 Å². The van der Waals surface area contributed by atoms with Crippen molar-refractivity contribution in [2.24, 2.45) is 0 Å². The number of hydrogen-bond donors (Lipinski definition) is 1. The van der Waals surface area contributed by atoms with Crippen LogP contribution in [0, 0.1) is 5.82 Å². The van der Waals surface area contributed by atoms with Gasteiger partial charge in [0.1, 0.15) is 10.7 Å². The number of thiophene rings is 1. The minimum Gasteiger partial charge on any atom is -0.210 e. The summed E-state index contributed by atoms with van der Waals surface area (Å²) in [7, 11) is -3.84. The highest BCUT2D eigenvalue weighted by Crippen LogP contribution is 2.27. The van der Waals surface area contributed by atoms with E-state index in [9.17, 15) is 12.8 Å². The number of sulfonamides is 1. The molecule has 2 rings (SSSR count). The third-order valence-electron chi connectivity index (χ3n) is 3.02. The third-order valence-corrected chi connectivity index (χ3v) is 5.69. The number of rotatable bonds is 5. The van der Waals surface area contributed by atoms with Crippen LogP contribution in [0.3, 0.4) is 0 Å². The minimum atomic E-state index is -3.84. The molecule has 0 saturated heterocycles. The predicted octanol–water partition coefficient (Wildman–Crippen LogP) is 3.14. The first kappa shape index (κ1) is 15.2. The Morgan fingerprint density at radius 2 is 1.90 bits per heavy atom. The van der Waals surface area contributed by atoms with E-state index in [0.717, 1.165) is 10.9 Å². The molecule has 0 bridgehead atoms. The van der Waals surface area contributed by atoms with Gasteiger partial charge >= 0.3 is 0 Å². The van der Waals surface area contributed by atoms with Crippen molar-refractivity contribution in [3.05, 3.63) is 52.5 Å². The van der Waals surface area contributed by atoms with Crippen molar-refractivity contribution in [3.8, 4) is 0 Å². The van der Waals surface area contributed by atoms with Gasteiger partial charge in [-0.2, -0.15) is 0 Å². The SMILES string of the molecule is CC(C)(CNS(=O)(=O)c1ccccc1F)c1cccs1. The molecule has 2 aromatic rings. The van der Waals surface area contributed by atoms with Gasteiger partial charge in [-0.25, -0.2) is 17.5 Å². The molecular weight excluding hydrogens is 297 g/mol. The predicted molar refractivity (Wildman–Crippen MR) is 78.9 cm³/mol. The van der Waals surface area contributed by atoms with Crippen molar-refractivity contribution in [2.75, 3.05) is 6.54 Å². The second-order valence-electron chi connectivity index (χ2n) is 5.12. The molecule has 0 unspecified atom stereocenters. The van der Waals surface area contributed by atoms with Crippen LogP contribution >= 0.6 is 11.3 Å². The molecule has 1 N–H and O–H groups in total. The smallest absolute Gasteiger partial charge is 0.210 e. The molecule has 0 aliphatic heterocycles. The van der Waals surface area contributed by atoms with E-state index in [1.807, 2.05) is 31.4 Å². The molecule has 3 nitrogen and oxygen atoms in total. The zero-order valence-electron chi connectivity index (χ0n) is 11.3. The molecule has 0 spiro atoms. The van der Waals surface area contributed by atoms with Crippen LogP contribution in [0.4, 0.5) is 4.39 Å². The van der Waals surface area contributed by atoms with Gasteiger partial charge < -0.3 is 0 Å². The quantitative estimate of drug-likeness (QED) is 0.922. The molecule has 1 aromatic carbocycles. The molecule has 0 fully saturated rings. The highest BCUT2D eigenvalue weighted by atomic mass is 32.2. The van der Waals surface area contributed by atoms with E-state index in [1.54, 1.807) is 11.3 Å². The standard InChI is InChI=1S/C14H16FNO2S2/c1-14(2,13-8-5-9-19-13)10-16-20(17,18)12-7-4-3-6-11(12)15/h3-9,16H,10H2,1-2H3. The Morgan fingerprint density at radius 3 is 2.50 bits per heavy atom. The summed E-state index contributed by atoms with van der Waals surface area (Å²) in [5, 5.41) is 1.95. The lowest BCUT2D eigenvalue weighted by molar-refractivity contribution is 0.504. The molecule has 1 heterocycles. The van der Waals surface area contributed by atoms with Crippen LogP contribution in [0.5, 0.6) is 0 Å². The molecule has 1 aromatic heterocycles. The summed E-state index contributed by atoms with van der Waals surface area (Å²) in [6.07, 6.45) is 0. The molecule has 0 aliphatic carbocycles. The molecule has 6 heteroatoms. The van der Waals surface area contributed by atoms with Gasteiger partial charge in [0, 0.05) is 16.8 Å². The average molecular weight is 313 g/mol. The van der Waals surface area contributed by atoms with Gasteiger partial charge in [0.15, 0.2) is 0 Å². The first-order valence-corrected chi connectivity index (χ1v) is 8.47. The van der Waals surface area contributed by atoms with Crippen molar-refractivity contribution in [2.45, 2.75) is 24.2 Å². The van der Waals surface area contributed by atoms with Crippen molar-refractivity contribution in [1.29, 1.82) is 0 Å². The maximum Gasteiger partial charge on any atom is 0.243 e. The highest BCUT2D eigenvalue weighted by Gasteiger charge is 2.26. The molecule has 0 amide bonds. The summed E-state index contributed by atoms with van der Waals surface area (Å²) in [5.41, 5.74) is -0.341.